The van der Waals surface area contributed by atoms with Gasteiger partial charge in [-0.3, -0.25) is 0 Å². The van der Waals surface area contributed by atoms with Gasteiger partial charge < -0.3 is 14.6 Å². The molecule has 2 aromatic carbocycles. The predicted octanol–water partition coefficient (Wildman–Crippen LogP) is 2.63. The molecule has 1 aromatic heterocycles. The number of aromatic nitrogens is 2. The van der Waals surface area contributed by atoms with Crippen LogP contribution in [0.1, 0.15) is 22.6 Å². The van der Waals surface area contributed by atoms with Gasteiger partial charge in [0.1, 0.15) is 18.2 Å². The average Bonchev–Trinajstić information content (AvgIpc) is 3.36. The number of hydrogen-bond donors (Lipinski definition) is 2. The Morgan fingerprint density at radius 2 is 2.09 bits per heavy atom. The second-order valence-corrected chi connectivity index (χ2v) is 10.2. The van der Waals surface area contributed by atoms with E-state index in [9.17, 15) is 12.8 Å². The molecule has 0 amide bonds. The van der Waals surface area contributed by atoms with Gasteiger partial charge in [0.2, 0.25) is 0 Å². The highest BCUT2D eigenvalue weighted by molar-refractivity contribution is 7.89. The highest BCUT2D eigenvalue weighted by Gasteiger charge is 2.32. The summed E-state index contributed by atoms with van der Waals surface area (Å²) in [6, 6.07) is 12.8. The summed E-state index contributed by atoms with van der Waals surface area (Å²) in [4.78, 5) is 3.88. The first-order chi connectivity index (χ1) is 15.9. The number of fused-ring (bicyclic) bond motifs is 1. The molecule has 2 N–H and O–H groups in total. The second kappa shape index (κ2) is 10.0. The second-order valence-electron chi connectivity index (χ2n) is 8.45. The van der Waals surface area contributed by atoms with Crippen LogP contribution in [0.2, 0.25) is 0 Å². The molecule has 3 aromatic rings. The Hall–Kier alpha value is -2.75. The normalized spacial score (nSPS) is 17.8. The van der Waals surface area contributed by atoms with E-state index < -0.39 is 10.0 Å². The number of sulfonamides is 1. The Balaban J connectivity index is 1.42. The van der Waals surface area contributed by atoms with Crippen molar-refractivity contribution in [2.24, 2.45) is 13.0 Å². The first-order valence-electron chi connectivity index (χ1n) is 11.0. The lowest BCUT2D eigenvalue weighted by atomic mass is 9.86. The van der Waals surface area contributed by atoms with Crippen molar-refractivity contribution < 1.29 is 17.5 Å². The minimum absolute atomic E-state index is 0.0155. The Bertz CT molecular complexity index is 1210. The minimum Gasteiger partial charge on any atom is -0.492 e. The van der Waals surface area contributed by atoms with Crippen LogP contribution in [0, 0.1) is 11.7 Å². The summed E-state index contributed by atoms with van der Waals surface area (Å²) in [6.45, 7) is 1.20. The van der Waals surface area contributed by atoms with Crippen molar-refractivity contribution in [1.82, 2.24) is 19.6 Å². The summed E-state index contributed by atoms with van der Waals surface area (Å²) in [5, 5.41) is 3.26. The number of hydrogen-bond acceptors (Lipinski definition) is 5. The summed E-state index contributed by atoms with van der Waals surface area (Å²) >= 11 is 0. The molecule has 1 heterocycles. The molecule has 2 atom stereocenters. The lowest BCUT2D eigenvalue weighted by molar-refractivity contribution is 0.322. The maximum Gasteiger partial charge on any atom is 0.259 e. The fourth-order valence-corrected chi connectivity index (χ4v) is 5.48. The molecule has 0 saturated carbocycles. The van der Waals surface area contributed by atoms with Crippen LogP contribution in [0.15, 0.2) is 60.0 Å². The fraction of sp³-hybridized carbons (Fsp3) is 0.375. The van der Waals surface area contributed by atoms with Gasteiger partial charge in [0.15, 0.2) is 5.03 Å². The van der Waals surface area contributed by atoms with E-state index in [2.05, 4.69) is 21.1 Å². The van der Waals surface area contributed by atoms with E-state index in [-0.39, 0.29) is 29.9 Å². The molecule has 0 radical (unpaired) electrons. The Morgan fingerprint density at radius 3 is 2.82 bits per heavy atom. The Labute approximate surface area is 194 Å². The van der Waals surface area contributed by atoms with Gasteiger partial charge in [-0.05, 0) is 79.2 Å². The number of nitrogens with one attached hydrogen (secondary N) is 2. The molecule has 33 heavy (non-hydrogen) atoms. The van der Waals surface area contributed by atoms with Crippen LogP contribution >= 0.6 is 0 Å². The smallest absolute Gasteiger partial charge is 0.259 e. The van der Waals surface area contributed by atoms with Gasteiger partial charge in [-0.2, -0.15) is 0 Å². The van der Waals surface area contributed by atoms with Crippen molar-refractivity contribution in [3.05, 3.63) is 77.5 Å². The van der Waals surface area contributed by atoms with Gasteiger partial charge in [-0.15, -0.1) is 0 Å². The van der Waals surface area contributed by atoms with E-state index in [1.165, 1.54) is 29.7 Å². The highest BCUT2D eigenvalue weighted by atomic mass is 32.2. The van der Waals surface area contributed by atoms with Crippen LogP contribution in [0.3, 0.4) is 0 Å². The SMILES string of the molecule is CNCC1Cc2ccc(OCCNS(=O)(=O)c3cn(C)cn3)cc2C1Cc1cccc(F)c1. The maximum absolute atomic E-state index is 13.7. The van der Waals surface area contributed by atoms with Crippen LogP contribution in [-0.4, -0.2) is 44.7 Å². The first-order valence-corrected chi connectivity index (χ1v) is 12.5. The molecule has 4 rings (SSSR count). The van der Waals surface area contributed by atoms with E-state index in [4.69, 9.17) is 4.74 Å². The van der Waals surface area contributed by atoms with Gasteiger partial charge in [0, 0.05) is 19.8 Å². The molecule has 0 aliphatic heterocycles. The third-order valence-corrected chi connectivity index (χ3v) is 7.34. The Morgan fingerprint density at radius 1 is 1.24 bits per heavy atom. The number of rotatable bonds is 10. The molecule has 1 aliphatic carbocycles. The maximum atomic E-state index is 13.7. The number of halogens is 1. The van der Waals surface area contributed by atoms with Crippen molar-refractivity contribution in [2.75, 3.05) is 26.7 Å². The number of nitrogens with zero attached hydrogens (tertiary/aromatic N) is 2. The molecule has 176 valence electrons. The van der Waals surface area contributed by atoms with E-state index in [1.54, 1.807) is 23.7 Å². The van der Waals surface area contributed by atoms with E-state index >= 15 is 0 Å². The number of ether oxygens (including phenoxy) is 1. The van der Waals surface area contributed by atoms with E-state index in [1.807, 2.05) is 25.2 Å². The van der Waals surface area contributed by atoms with Crippen molar-refractivity contribution >= 4 is 10.0 Å². The third-order valence-electron chi connectivity index (χ3n) is 6.00. The van der Waals surface area contributed by atoms with Gasteiger partial charge in [-0.25, -0.2) is 22.5 Å². The van der Waals surface area contributed by atoms with Crippen molar-refractivity contribution in [1.29, 1.82) is 0 Å². The molecule has 0 spiro atoms. The summed E-state index contributed by atoms with van der Waals surface area (Å²) in [6.07, 6.45) is 4.60. The zero-order valence-electron chi connectivity index (χ0n) is 18.8. The molecular formula is C24H29FN4O3S. The first kappa shape index (κ1) is 23.4. The topological polar surface area (TPSA) is 85.3 Å². The van der Waals surface area contributed by atoms with Gasteiger partial charge in [0.05, 0.1) is 6.33 Å². The van der Waals surface area contributed by atoms with Crippen LogP contribution in [-0.2, 0) is 29.9 Å². The molecule has 1 aliphatic rings. The van der Waals surface area contributed by atoms with E-state index in [0.29, 0.717) is 11.7 Å². The average molecular weight is 473 g/mol. The Kier molecular flexibility index (Phi) is 7.11. The lowest BCUT2D eigenvalue weighted by Crippen LogP contribution is -2.28. The number of benzene rings is 2. The minimum atomic E-state index is -3.66. The molecule has 0 fully saturated rings. The summed E-state index contributed by atoms with van der Waals surface area (Å²) in [5.41, 5.74) is 3.47. The molecule has 7 nitrogen and oxygen atoms in total. The standard InChI is InChI=1S/C24H29FN4O3S/c1-26-14-19-12-18-6-7-21(13-23(18)22(19)11-17-4-3-5-20(25)10-17)32-9-8-28-33(30,31)24-15-29(2)16-27-24/h3-7,10,13,15-16,19,22,26,28H,8-9,11-12,14H2,1-2H3. The van der Waals surface area contributed by atoms with Crippen molar-refractivity contribution in [3.63, 3.8) is 0 Å². The predicted molar refractivity (Wildman–Crippen MR) is 124 cm³/mol. The quantitative estimate of drug-likeness (QED) is 0.443. The molecular weight excluding hydrogens is 443 g/mol. The lowest BCUT2D eigenvalue weighted by Gasteiger charge is -2.21. The van der Waals surface area contributed by atoms with Gasteiger partial charge >= 0.3 is 0 Å². The van der Waals surface area contributed by atoms with E-state index in [0.717, 1.165) is 24.9 Å². The molecule has 9 heteroatoms. The molecule has 0 bridgehead atoms. The number of aryl methyl sites for hydroxylation is 1. The highest BCUT2D eigenvalue weighted by Crippen LogP contribution is 2.41. The van der Waals surface area contributed by atoms with Crippen LogP contribution in [0.4, 0.5) is 4.39 Å². The largest absolute Gasteiger partial charge is 0.492 e. The third kappa shape index (κ3) is 5.61. The summed E-state index contributed by atoms with van der Waals surface area (Å²) in [5.74, 6) is 1.13. The number of imidazole rings is 1. The van der Waals surface area contributed by atoms with Gasteiger partial charge in [-0.1, -0.05) is 18.2 Å². The summed E-state index contributed by atoms with van der Waals surface area (Å²) < 4.78 is 48.2. The summed E-state index contributed by atoms with van der Waals surface area (Å²) in [7, 11) is -0.00230. The fourth-order valence-electron chi connectivity index (χ4n) is 4.49. The monoisotopic (exact) mass is 472 g/mol. The van der Waals surface area contributed by atoms with Crippen molar-refractivity contribution in [3.8, 4) is 5.75 Å². The zero-order valence-corrected chi connectivity index (χ0v) is 19.6. The van der Waals surface area contributed by atoms with Crippen LogP contribution in [0.25, 0.3) is 0 Å². The zero-order chi connectivity index (χ0) is 23.4. The van der Waals surface area contributed by atoms with Gasteiger partial charge in [0.25, 0.3) is 10.0 Å². The molecule has 2 unspecified atom stereocenters. The molecule has 0 saturated heterocycles. The van der Waals surface area contributed by atoms with Crippen LogP contribution < -0.4 is 14.8 Å². The van der Waals surface area contributed by atoms with Crippen molar-refractivity contribution in [2.45, 2.75) is 23.8 Å². The van der Waals surface area contributed by atoms with Crippen LogP contribution in [0.5, 0.6) is 5.75 Å².